The van der Waals surface area contributed by atoms with Crippen LogP contribution in [-0.2, 0) is 19.1 Å². The number of carbonyl (C=O) groups is 2. The zero-order valence-electron chi connectivity index (χ0n) is 8.27. The first-order chi connectivity index (χ1) is 7.19. The summed E-state index contributed by atoms with van der Waals surface area (Å²) in [6.45, 7) is 3.79. The average molecular weight is 208 g/mol. The molecular weight excluding hydrogens is 196 g/mol. The quantitative estimate of drug-likeness (QED) is 0.494. The Labute approximate surface area is 87.2 Å². The lowest BCUT2D eigenvalue weighted by Gasteiger charge is -2.45. The molecule has 0 aromatic rings. The molecule has 80 valence electrons. The van der Waals surface area contributed by atoms with Crippen molar-refractivity contribution in [1.82, 2.24) is 0 Å². The normalized spacial score (nSPS) is 45.3. The predicted molar refractivity (Wildman–Crippen MR) is 49.7 cm³/mol. The van der Waals surface area contributed by atoms with Crippen molar-refractivity contribution in [2.75, 3.05) is 6.61 Å². The summed E-state index contributed by atoms with van der Waals surface area (Å²) in [5.74, 6) is -0.337. The summed E-state index contributed by atoms with van der Waals surface area (Å²) in [6.07, 6.45) is 2.94. The van der Waals surface area contributed by atoms with Crippen molar-refractivity contribution in [3.8, 4) is 0 Å². The third kappa shape index (κ3) is 0.874. The van der Waals surface area contributed by atoms with Gasteiger partial charge < -0.3 is 9.47 Å². The molecule has 0 aromatic heterocycles. The highest BCUT2D eigenvalue weighted by molar-refractivity contribution is 5.83. The third-order valence-electron chi connectivity index (χ3n) is 4.09. The molecule has 15 heavy (non-hydrogen) atoms. The molecule has 4 nitrogen and oxygen atoms in total. The topological polar surface area (TPSA) is 52.6 Å². The molecule has 1 heterocycles. The van der Waals surface area contributed by atoms with E-state index in [-0.39, 0.29) is 29.3 Å². The molecule has 2 bridgehead atoms. The van der Waals surface area contributed by atoms with Gasteiger partial charge in [0.1, 0.15) is 12.7 Å². The summed E-state index contributed by atoms with van der Waals surface area (Å²) >= 11 is 0. The molecule has 0 N–H and O–H groups in total. The van der Waals surface area contributed by atoms with E-state index >= 15 is 0 Å². The van der Waals surface area contributed by atoms with E-state index in [1.807, 2.05) is 0 Å². The van der Waals surface area contributed by atoms with E-state index in [0.717, 1.165) is 12.8 Å². The molecule has 1 saturated heterocycles. The second kappa shape index (κ2) is 2.62. The van der Waals surface area contributed by atoms with Crippen LogP contribution in [0.5, 0.6) is 0 Å². The van der Waals surface area contributed by atoms with Crippen molar-refractivity contribution in [3.63, 3.8) is 0 Å². The van der Waals surface area contributed by atoms with Gasteiger partial charge in [0.25, 0.3) is 0 Å². The monoisotopic (exact) mass is 208 g/mol. The molecule has 4 rings (SSSR count). The molecule has 4 aliphatic rings. The molecule has 1 spiro atoms. The number of ether oxygens (including phenoxy) is 2. The highest BCUT2D eigenvalue weighted by Crippen LogP contribution is 2.67. The van der Waals surface area contributed by atoms with Gasteiger partial charge in [-0.2, -0.15) is 0 Å². The summed E-state index contributed by atoms with van der Waals surface area (Å²) < 4.78 is 10.3. The van der Waals surface area contributed by atoms with Gasteiger partial charge in [0.15, 0.2) is 0 Å². The fraction of sp³-hybridized carbons (Fsp3) is 0.636. The highest BCUT2D eigenvalue weighted by atomic mass is 16.6. The van der Waals surface area contributed by atoms with Gasteiger partial charge in [0, 0.05) is 12.0 Å². The molecule has 0 aromatic carbocycles. The van der Waals surface area contributed by atoms with Crippen LogP contribution >= 0.6 is 0 Å². The van der Waals surface area contributed by atoms with Crippen LogP contribution in [0.4, 0.5) is 0 Å². The lowest BCUT2D eigenvalue weighted by molar-refractivity contribution is -0.176. The van der Waals surface area contributed by atoms with Crippen molar-refractivity contribution < 1.29 is 19.1 Å². The second-order valence-corrected chi connectivity index (χ2v) is 4.58. The van der Waals surface area contributed by atoms with E-state index in [1.165, 1.54) is 6.08 Å². The Balaban J connectivity index is 1.82. The first kappa shape index (κ1) is 8.95. The van der Waals surface area contributed by atoms with Crippen molar-refractivity contribution in [2.45, 2.75) is 18.9 Å². The van der Waals surface area contributed by atoms with Crippen LogP contribution in [0, 0.1) is 17.3 Å². The molecule has 4 atom stereocenters. The fourth-order valence-electron chi connectivity index (χ4n) is 3.46. The van der Waals surface area contributed by atoms with Gasteiger partial charge in [-0.25, -0.2) is 4.79 Å². The Bertz CT molecular complexity index is 362. The van der Waals surface area contributed by atoms with E-state index < -0.39 is 5.97 Å². The maximum Gasteiger partial charge on any atom is 0.330 e. The van der Waals surface area contributed by atoms with E-state index in [9.17, 15) is 9.59 Å². The number of rotatable bonds is 2. The molecular formula is C11H12O4. The van der Waals surface area contributed by atoms with Crippen molar-refractivity contribution in [3.05, 3.63) is 12.7 Å². The fourth-order valence-corrected chi connectivity index (χ4v) is 3.46. The van der Waals surface area contributed by atoms with E-state index in [1.54, 1.807) is 0 Å². The van der Waals surface area contributed by atoms with E-state index in [2.05, 4.69) is 6.58 Å². The number of hydrogen-bond donors (Lipinski definition) is 0. The zero-order valence-corrected chi connectivity index (χ0v) is 8.27. The Morgan fingerprint density at radius 2 is 2.47 bits per heavy atom. The number of cyclic esters (lactones) is 1. The minimum atomic E-state index is -0.399. The number of esters is 2. The molecule has 4 heteroatoms. The summed E-state index contributed by atoms with van der Waals surface area (Å²) in [7, 11) is 0. The molecule has 0 amide bonds. The van der Waals surface area contributed by atoms with Crippen LogP contribution in [0.1, 0.15) is 12.8 Å². The molecule has 1 aliphatic heterocycles. The maximum atomic E-state index is 11.4. The van der Waals surface area contributed by atoms with Crippen molar-refractivity contribution in [2.24, 2.45) is 17.3 Å². The lowest BCUT2D eigenvalue weighted by Crippen LogP contribution is -2.56. The standard InChI is InChI=1S/C11H12O4/c1-2-7(12)15-9-6-3-4-11(9)5-14-10(13)8(6)11/h2,6,8-9H,1,3-5H2. The predicted octanol–water partition coefficient (Wildman–Crippen LogP) is 0.667. The minimum Gasteiger partial charge on any atom is -0.465 e. The van der Waals surface area contributed by atoms with Crippen LogP contribution in [0.25, 0.3) is 0 Å². The molecule has 3 saturated carbocycles. The second-order valence-electron chi connectivity index (χ2n) is 4.58. The van der Waals surface area contributed by atoms with Gasteiger partial charge in [-0.3, -0.25) is 4.79 Å². The van der Waals surface area contributed by atoms with Crippen LogP contribution in [0.3, 0.4) is 0 Å². The number of carbonyl (C=O) groups excluding carboxylic acids is 2. The first-order valence-corrected chi connectivity index (χ1v) is 5.19. The van der Waals surface area contributed by atoms with Crippen molar-refractivity contribution in [1.29, 1.82) is 0 Å². The third-order valence-corrected chi connectivity index (χ3v) is 4.09. The van der Waals surface area contributed by atoms with Gasteiger partial charge in [0.05, 0.1) is 11.3 Å². The van der Waals surface area contributed by atoms with Crippen LogP contribution in [0.15, 0.2) is 12.7 Å². The molecule has 0 radical (unpaired) electrons. The van der Waals surface area contributed by atoms with Crippen LogP contribution in [0.2, 0.25) is 0 Å². The SMILES string of the molecule is C=CC(=O)OC1C2CCC13COC(=O)C23. The van der Waals surface area contributed by atoms with Crippen molar-refractivity contribution >= 4 is 11.9 Å². The molecule has 4 fully saturated rings. The largest absolute Gasteiger partial charge is 0.465 e. The van der Waals surface area contributed by atoms with Crippen LogP contribution in [-0.4, -0.2) is 24.6 Å². The molecule has 3 aliphatic carbocycles. The molecule has 4 unspecified atom stereocenters. The summed E-state index contributed by atoms with van der Waals surface area (Å²) in [6, 6.07) is 0. The summed E-state index contributed by atoms with van der Waals surface area (Å²) in [4.78, 5) is 22.5. The average Bonchev–Trinajstić information content (AvgIpc) is 2.83. The summed E-state index contributed by atoms with van der Waals surface area (Å²) in [5, 5.41) is 0. The Hall–Kier alpha value is -1.32. The Morgan fingerprint density at radius 1 is 1.67 bits per heavy atom. The van der Waals surface area contributed by atoms with Crippen LogP contribution < -0.4 is 0 Å². The zero-order chi connectivity index (χ0) is 10.6. The van der Waals surface area contributed by atoms with E-state index in [0.29, 0.717) is 6.61 Å². The highest BCUT2D eigenvalue weighted by Gasteiger charge is 2.75. The maximum absolute atomic E-state index is 11.4. The summed E-state index contributed by atoms with van der Waals surface area (Å²) in [5.41, 5.74) is -0.194. The lowest BCUT2D eigenvalue weighted by atomic mass is 9.59. The van der Waals surface area contributed by atoms with Gasteiger partial charge in [-0.1, -0.05) is 6.58 Å². The van der Waals surface area contributed by atoms with Gasteiger partial charge in [-0.15, -0.1) is 0 Å². The van der Waals surface area contributed by atoms with E-state index in [4.69, 9.17) is 9.47 Å². The number of fused-ring (bicyclic) bond motifs is 1. The van der Waals surface area contributed by atoms with Gasteiger partial charge >= 0.3 is 11.9 Å². The smallest absolute Gasteiger partial charge is 0.330 e. The number of hydrogen-bond acceptors (Lipinski definition) is 4. The minimum absolute atomic E-state index is 0.0138. The van der Waals surface area contributed by atoms with Gasteiger partial charge in [-0.05, 0) is 12.8 Å². The first-order valence-electron chi connectivity index (χ1n) is 5.19. The van der Waals surface area contributed by atoms with Gasteiger partial charge in [0.2, 0.25) is 0 Å². The Kier molecular flexibility index (Phi) is 1.56. The Morgan fingerprint density at radius 3 is 3.20 bits per heavy atom.